The van der Waals surface area contributed by atoms with E-state index in [1.807, 2.05) is 0 Å². The lowest BCUT2D eigenvalue weighted by molar-refractivity contribution is -0.385. The van der Waals surface area contributed by atoms with E-state index in [9.17, 15) is 19.7 Å². The smallest absolute Gasteiger partial charge is 0.414 e. The van der Waals surface area contributed by atoms with Crippen LogP contribution in [0.15, 0.2) is 42.5 Å². The topological polar surface area (TPSA) is 111 Å². The maximum Gasteiger partial charge on any atom is 0.414 e. The molecule has 0 unspecified atom stereocenters. The number of hydrogen-bond acceptors (Lipinski definition) is 6. The molecule has 0 aromatic heterocycles. The molecule has 1 saturated heterocycles. The molecule has 0 saturated carbocycles. The van der Waals surface area contributed by atoms with E-state index in [1.165, 1.54) is 24.1 Å². The van der Waals surface area contributed by atoms with Gasteiger partial charge in [-0.2, -0.15) is 0 Å². The number of hydrogen-bond donors (Lipinski definition) is 1. The Labute approximate surface area is 148 Å². The number of nitro groups is 1. The Hall–Kier alpha value is -3.62. The van der Waals surface area contributed by atoms with E-state index >= 15 is 0 Å². The lowest BCUT2D eigenvalue weighted by Crippen LogP contribution is -2.23. The molecule has 3 rings (SSSR count). The number of nitro benzene ring substituents is 1. The van der Waals surface area contributed by atoms with Gasteiger partial charge in [0, 0.05) is 23.0 Å². The number of anilines is 2. The molecule has 1 aliphatic heterocycles. The third-order valence-electron chi connectivity index (χ3n) is 3.81. The van der Waals surface area contributed by atoms with E-state index in [4.69, 9.17) is 9.47 Å². The highest BCUT2D eigenvalue weighted by Crippen LogP contribution is 2.28. The van der Waals surface area contributed by atoms with Gasteiger partial charge in [-0.05, 0) is 30.3 Å². The lowest BCUT2D eigenvalue weighted by Gasteiger charge is -2.14. The van der Waals surface area contributed by atoms with Crippen molar-refractivity contribution in [1.29, 1.82) is 0 Å². The minimum Gasteiger partial charge on any atom is -0.490 e. The van der Waals surface area contributed by atoms with Gasteiger partial charge in [0.15, 0.2) is 5.75 Å². The zero-order chi connectivity index (χ0) is 18.7. The van der Waals surface area contributed by atoms with Crippen molar-refractivity contribution in [2.45, 2.75) is 0 Å². The standard InChI is InChI=1S/C17H15N3O6/c1-25-15-6-5-11(9-14(15)20(23)24)16(21)18-12-3-2-4-13(10-12)19-7-8-26-17(19)22/h2-6,9-10H,7-8H2,1H3,(H,18,21). The number of cyclic esters (lactones) is 1. The van der Waals surface area contributed by atoms with Crippen LogP contribution in [0, 0.1) is 10.1 Å². The third kappa shape index (κ3) is 3.41. The molecule has 0 atom stereocenters. The Morgan fingerprint density at radius 1 is 1.31 bits per heavy atom. The molecule has 1 aliphatic rings. The van der Waals surface area contributed by atoms with Crippen LogP contribution >= 0.6 is 0 Å². The van der Waals surface area contributed by atoms with Crippen molar-refractivity contribution in [2.24, 2.45) is 0 Å². The molecule has 0 aliphatic carbocycles. The predicted octanol–water partition coefficient (Wildman–Crippen LogP) is 2.81. The van der Waals surface area contributed by atoms with Gasteiger partial charge in [-0.15, -0.1) is 0 Å². The number of carbonyl (C=O) groups excluding carboxylic acids is 2. The van der Waals surface area contributed by atoms with Crippen molar-refractivity contribution in [3.05, 3.63) is 58.1 Å². The second kappa shape index (κ2) is 7.09. The number of ether oxygens (including phenoxy) is 2. The highest BCUT2D eigenvalue weighted by molar-refractivity contribution is 6.05. The summed E-state index contributed by atoms with van der Waals surface area (Å²) in [4.78, 5) is 36.0. The van der Waals surface area contributed by atoms with Crippen molar-refractivity contribution in [1.82, 2.24) is 0 Å². The number of nitrogens with one attached hydrogen (secondary N) is 1. The van der Waals surface area contributed by atoms with Crippen LogP contribution in [0.1, 0.15) is 10.4 Å². The molecule has 2 aromatic carbocycles. The Balaban J connectivity index is 1.81. The Morgan fingerprint density at radius 2 is 2.12 bits per heavy atom. The summed E-state index contributed by atoms with van der Waals surface area (Å²) in [6.07, 6.45) is -0.445. The molecule has 1 N–H and O–H groups in total. The minimum absolute atomic E-state index is 0.0705. The van der Waals surface area contributed by atoms with Gasteiger partial charge in [-0.3, -0.25) is 19.8 Å². The van der Waals surface area contributed by atoms with Gasteiger partial charge in [0.25, 0.3) is 5.91 Å². The number of amides is 2. The number of benzene rings is 2. The second-order valence-corrected chi connectivity index (χ2v) is 5.41. The molecule has 0 radical (unpaired) electrons. The van der Waals surface area contributed by atoms with Crippen molar-refractivity contribution in [2.75, 3.05) is 30.5 Å². The fraction of sp³-hybridized carbons (Fsp3) is 0.176. The molecule has 2 aromatic rings. The van der Waals surface area contributed by atoms with Crippen LogP contribution in [0.25, 0.3) is 0 Å². The van der Waals surface area contributed by atoms with E-state index in [-0.39, 0.29) is 17.0 Å². The molecule has 9 nitrogen and oxygen atoms in total. The highest BCUT2D eigenvalue weighted by Gasteiger charge is 2.24. The summed E-state index contributed by atoms with van der Waals surface area (Å²) in [5.41, 5.74) is 0.855. The first kappa shape index (κ1) is 17.2. The van der Waals surface area contributed by atoms with Crippen molar-refractivity contribution in [3.8, 4) is 5.75 Å². The van der Waals surface area contributed by atoms with Crippen LogP contribution in [0.2, 0.25) is 0 Å². The van der Waals surface area contributed by atoms with Crippen LogP contribution in [0.3, 0.4) is 0 Å². The van der Waals surface area contributed by atoms with Crippen molar-refractivity contribution >= 4 is 29.1 Å². The maximum atomic E-state index is 12.4. The molecule has 1 fully saturated rings. The van der Waals surface area contributed by atoms with E-state index in [1.54, 1.807) is 24.3 Å². The zero-order valence-corrected chi connectivity index (χ0v) is 13.8. The molecule has 0 spiro atoms. The van der Waals surface area contributed by atoms with Crippen LogP contribution in [-0.2, 0) is 4.74 Å². The predicted molar refractivity (Wildman–Crippen MR) is 92.7 cm³/mol. The van der Waals surface area contributed by atoms with Gasteiger partial charge in [-0.25, -0.2) is 4.79 Å². The SMILES string of the molecule is COc1ccc(C(=O)Nc2cccc(N3CCOC3=O)c2)cc1[N+](=O)[O-]. The summed E-state index contributed by atoms with van der Waals surface area (Å²) in [6.45, 7) is 0.742. The minimum atomic E-state index is -0.616. The molecule has 26 heavy (non-hydrogen) atoms. The zero-order valence-electron chi connectivity index (χ0n) is 13.8. The van der Waals surface area contributed by atoms with Crippen LogP contribution < -0.4 is 15.0 Å². The fourth-order valence-corrected chi connectivity index (χ4v) is 2.56. The number of carbonyl (C=O) groups is 2. The number of methoxy groups -OCH3 is 1. The van der Waals surface area contributed by atoms with Crippen LogP contribution in [0.4, 0.5) is 21.9 Å². The average molecular weight is 357 g/mol. The van der Waals surface area contributed by atoms with Crippen LogP contribution in [0.5, 0.6) is 5.75 Å². The average Bonchev–Trinajstić information content (AvgIpc) is 3.07. The maximum absolute atomic E-state index is 12.4. The summed E-state index contributed by atoms with van der Waals surface area (Å²) in [6, 6.07) is 10.6. The molecule has 9 heteroatoms. The van der Waals surface area contributed by atoms with Gasteiger partial charge in [0.1, 0.15) is 6.61 Å². The van der Waals surface area contributed by atoms with Gasteiger partial charge >= 0.3 is 11.8 Å². The first-order valence-corrected chi connectivity index (χ1v) is 7.68. The van der Waals surface area contributed by atoms with Crippen molar-refractivity contribution in [3.63, 3.8) is 0 Å². The van der Waals surface area contributed by atoms with E-state index in [0.29, 0.717) is 24.5 Å². The molecular formula is C17H15N3O6. The number of nitrogens with zero attached hydrogens (tertiary/aromatic N) is 2. The van der Waals surface area contributed by atoms with Gasteiger partial charge in [0.2, 0.25) is 0 Å². The van der Waals surface area contributed by atoms with E-state index < -0.39 is 16.9 Å². The Bertz CT molecular complexity index is 883. The van der Waals surface area contributed by atoms with Gasteiger partial charge < -0.3 is 14.8 Å². The summed E-state index contributed by atoms with van der Waals surface area (Å²) in [5, 5.41) is 13.7. The fourth-order valence-electron chi connectivity index (χ4n) is 2.56. The second-order valence-electron chi connectivity index (χ2n) is 5.41. The quantitative estimate of drug-likeness (QED) is 0.651. The first-order valence-electron chi connectivity index (χ1n) is 7.68. The van der Waals surface area contributed by atoms with Crippen LogP contribution in [-0.4, -0.2) is 37.2 Å². The lowest BCUT2D eigenvalue weighted by atomic mass is 10.1. The Kier molecular flexibility index (Phi) is 4.70. The molecule has 134 valence electrons. The van der Waals surface area contributed by atoms with Crippen molar-refractivity contribution < 1.29 is 24.0 Å². The summed E-state index contributed by atoms with van der Waals surface area (Å²) in [5.74, 6) is -0.446. The first-order chi connectivity index (χ1) is 12.5. The summed E-state index contributed by atoms with van der Waals surface area (Å²) >= 11 is 0. The highest BCUT2D eigenvalue weighted by atomic mass is 16.6. The molecule has 1 heterocycles. The largest absolute Gasteiger partial charge is 0.490 e. The summed E-state index contributed by atoms with van der Waals surface area (Å²) < 4.78 is 9.81. The van der Waals surface area contributed by atoms with E-state index in [0.717, 1.165) is 6.07 Å². The molecular weight excluding hydrogens is 342 g/mol. The third-order valence-corrected chi connectivity index (χ3v) is 3.81. The number of rotatable bonds is 5. The molecule has 0 bridgehead atoms. The van der Waals surface area contributed by atoms with Gasteiger partial charge in [-0.1, -0.05) is 6.07 Å². The molecule has 2 amide bonds. The summed E-state index contributed by atoms with van der Waals surface area (Å²) in [7, 11) is 1.32. The van der Waals surface area contributed by atoms with E-state index in [2.05, 4.69) is 5.32 Å². The van der Waals surface area contributed by atoms with Gasteiger partial charge in [0.05, 0.1) is 18.6 Å². The monoisotopic (exact) mass is 357 g/mol. The Morgan fingerprint density at radius 3 is 2.77 bits per heavy atom. The normalized spacial score (nSPS) is 13.3.